The van der Waals surface area contributed by atoms with Gasteiger partial charge in [-0.25, -0.2) is 9.48 Å². The van der Waals surface area contributed by atoms with E-state index >= 15 is 0 Å². The summed E-state index contributed by atoms with van der Waals surface area (Å²) in [6.07, 6.45) is 5.96. The molecular formula is C18H25N5O. The second-order valence-electron chi connectivity index (χ2n) is 6.49. The predicted octanol–water partition coefficient (Wildman–Crippen LogP) is 2.11. The van der Waals surface area contributed by atoms with Crippen LogP contribution in [0.4, 0.5) is 4.79 Å². The molecule has 0 radical (unpaired) electrons. The predicted molar refractivity (Wildman–Crippen MR) is 94.1 cm³/mol. The first-order valence-electron chi connectivity index (χ1n) is 8.41. The lowest BCUT2D eigenvalue weighted by Gasteiger charge is -2.36. The number of likely N-dealkylation sites (N-methyl/N-ethyl adjacent to an activating group) is 1. The fraction of sp³-hybridized carbons (Fsp3) is 0.444. The minimum Gasteiger partial charge on any atom is -0.334 e. The van der Waals surface area contributed by atoms with E-state index < -0.39 is 0 Å². The first kappa shape index (κ1) is 16.5. The molecule has 2 aromatic rings. The number of benzene rings is 1. The van der Waals surface area contributed by atoms with Crippen molar-refractivity contribution in [3.05, 3.63) is 48.3 Å². The van der Waals surface area contributed by atoms with Gasteiger partial charge in [0, 0.05) is 37.4 Å². The number of urea groups is 1. The Kier molecular flexibility index (Phi) is 5.15. The van der Waals surface area contributed by atoms with Crippen LogP contribution in [0.5, 0.6) is 0 Å². The number of piperidine rings is 1. The largest absolute Gasteiger partial charge is 0.334 e. The monoisotopic (exact) mass is 327 g/mol. The van der Waals surface area contributed by atoms with Crippen LogP contribution in [-0.4, -0.2) is 58.8 Å². The van der Waals surface area contributed by atoms with Gasteiger partial charge in [0.15, 0.2) is 0 Å². The fourth-order valence-electron chi connectivity index (χ4n) is 3.02. The van der Waals surface area contributed by atoms with E-state index in [9.17, 15) is 4.79 Å². The molecule has 0 saturated carbocycles. The summed E-state index contributed by atoms with van der Waals surface area (Å²) in [6, 6.07) is 10.4. The van der Waals surface area contributed by atoms with Gasteiger partial charge in [0.05, 0.1) is 11.9 Å². The first-order chi connectivity index (χ1) is 11.6. The molecule has 0 aliphatic carbocycles. The number of nitrogens with zero attached hydrogens (tertiary/aromatic N) is 4. The van der Waals surface area contributed by atoms with E-state index in [0.29, 0.717) is 12.6 Å². The molecule has 3 rings (SSSR count). The van der Waals surface area contributed by atoms with Gasteiger partial charge < -0.3 is 15.1 Å². The number of para-hydroxylation sites is 1. The molecule has 6 heteroatoms. The summed E-state index contributed by atoms with van der Waals surface area (Å²) < 4.78 is 1.82. The van der Waals surface area contributed by atoms with Gasteiger partial charge in [0.2, 0.25) is 0 Å². The quantitative estimate of drug-likeness (QED) is 0.936. The second kappa shape index (κ2) is 7.49. The summed E-state index contributed by atoms with van der Waals surface area (Å²) in [5, 5.41) is 7.37. The van der Waals surface area contributed by atoms with Crippen molar-refractivity contribution in [1.82, 2.24) is 24.9 Å². The van der Waals surface area contributed by atoms with Gasteiger partial charge in [-0.2, -0.15) is 5.10 Å². The molecule has 0 unspecified atom stereocenters. The van der Waals surface area contributed by atoms with Gasteiger partial charge in [-0.05, 0) is 39.1 Å². The zero-order chi connectivity index (χ0) is 16.9. The summed E-state index contributed by atoms with van der Waals surface area (Å²) >= 11 is 0. The molecule has 1 fully saturated rings. The van der Waals surface area contributed by atoms with Crippen LogP contribution in [0.25, 0.3) is 5.69 Å². The molecule has 2 heterocycles. The van der Waals surface area contributed by atoms with Crippen LogP contribution in [0.3, 0.4) is 0 Å². The number of hydrogen-bond donors (Lipinski definition) is 1. The van der Waals surface area contributed by atoms with Crippen molar-refractivity contribution in [1.29, 1.82) is 0 Å². The molecule has 1 aromatic carbocycles. The number of carbonyl (C=O) groups excluding carboxylic acids is 1. The van der Waals surface area contributed by atoms with Gasteiger partial charge in [-0.15, -0.1) is 0 Å². The molecule has 6 nitrogen and oxygen atoms in total. The lowest BCUT2D eigenvalue weighted by molar-refractivity contribution is 0.140. The smallest absolute Gasteiger partial charge is 0.317 e. The molecule has 1 atom stereocenters. The highest BCUT2D eigenvalue weighted by Gasteiger charge is 2.24. The summed E-state index contributed by atoms with van der Waals surface area (Å²) in [4.78, 5) is 16.5. The van der Waals surface area contributed by atoms with Crippen LogP contribution in [0.15, 0.2) is 42.7 Å². The Bertz CT molecular complexity index is 667. The van der Waals surface area contributed by atoms with E-state index in [4.69, 9.17) is 0 Å². The third-order valence-corrected chi connectivity index (χ3v) is 4.51. The number of carbonyl (C=O) groups is 1. The molecule has 0 bridgehead atoms. The number of likely N-dealkylation sites (tertiary alicyclic amines) is 1. The molecule has 1 aromatic heterocycles. The van der Waals surface area contributed by atoms with E-state index in [1.165, 1.54) is 0 Å². The zero-order valence-electron chi connectivity index (χ0n) is 14.4. The Balaban J connectivity index is 1.54. The number of nitrogens with one attached hydrogen (secondary N) is 1. The molecule has 1 aliphatic rings. The van der Waals surface area contributed by atoms with Crippen LogP contribution >= 0.6 is 0 Å². The number of amides is 2. The molecular weight excluding hydrogens is 302 g/mol. The van der Waals surface area contributed by atoms with Crippen molar-refractivity contribution in [2.24, 2.45) is 0 Å². The van der Waals surface area contributed by atoms with Crippen molar-refractivity contribution < 1.29 is 4.79 Å². The van der Waals surface area contributed by atoms with Crippen molar-refractivity contribution in [3.8, 4) is 5.69 Å². The highest BCUT2D eigenvalue weighted by atomic mass is 16.2. The third kappa shape index (κ3) is 3.94. The Morgan fingerprint density at radius 3 is 2.88 bits per heavy atom. The van der Waals surface area contributed by atoms with E-state index in [-0.39, 0.29) is 6.03 Å². The maximum atomic E-state index is 12.4. The number of rotatable bonds is 4. The Morgan fingerprint density at radius 1 is 1.33 bits per heavy atom. The van der Waals surface area contributed by atoms with Gasteiger partial charge in [-0.3, -0.25) is 0 Å². The molecule has 128 valence electrons. The van der Waals surface area contributed by atoms with E-state index in [2.05, 4.69) is 29.4 Å². The highest BCUT2D eigenvalue weighted by Crippen LogP contribution is 2.14. The Labute approximate surface area is 143 Å². The van der Waals surface area contributed by atoms with Crippen LogP contribution in [0.2, 0.25) is 0 Å². The van der Waals surface area contributed by atoms with Crippen molar-refractivity contribution in [2.75, 3.05) is 27.2 Å². The molecule has 1 N–H and O–H groups in total. The van der Waals surface area contributed by atoms with Gasteiger partial charge in [-0.1, -0.05) is 18.2 Å². The molecule has 2 amide bonds. The molecule has 24 heavy (non-hydrogen) atoms. The summed E-state index contributed by atoms with van der Waals surface area (Å²) in [6.45, 7) is 2.12. The standard InChI is InChI=1S/C18H25N5O/c1-21(2)17-9-6-10-22(14-17)18(24)19-11-15-12-20-23(13-15)16-7-4-3-5-8-16/h3-5,7-8,12-13,17H,6,9-11,14H2,1-2H3,(H,19,24)/t17-/m0/s1. The van der Waals surface area contributed by atoms with E-state index in [1.54, 1.807) is 6.20 Å². The van der Waals surface area contributed by atoms with Gasteiger partial charge in [0.1, 0.15) is 0 Å². The van der Waals surface area contributed by atoms with E-state index in [1.807, 2.05) is 46.1 Å². The SMILES string of the molecule is CN(C)[C@H]1CCCN(C(=O)NCc2cnn(-c3ccccc3)c2)C1. The van der Waals surface area contributed by atoms with Crippen molar-refractivity contribution in [2.45, 2.75) is 25.4 Å². The molecule has 0 spiro atoms. The summed E-state index contributed by atoms with van der Waals surface area (Å²) in [7, 11) is 4.15. The lowest BCUT2D eigenvalue weighted by atomic mass is 10.1. The highest BCUT2D eigenvalue weighted by molar-refractivity contribution is 5.74. The van der Waals surface area contributed by atoms with Crippen LogP contribution in [0, 0.1) is 0 Å². The summed E-state index contributed by atoms with van der Waals surface area (Å²) in [5.74, 6) is 0. The Morgan fingerprint density at radius 2 is 2.12 bits per heavy atom. The fourth-order valence-corrected chi connectivity index (χ4v) is 3.02. The van der Waals surface area contributed by atoms with Crippen LogP contribution in [-0.2, 0) is 6.54 Å². The normalized spacial score (nSPS) is 18.0. The average molecular weight is 327 g/mol. The van der Waals surface area contributed by atoms with Crippen molar-refractivity contribution in [3.63, 3.8) is 0 Å². The maximum Gasteiger partial charge on any atom is 0.317 e. The third-order valence-electron chi connectivity index (χ3n) is 4.51. The first-order valence-corrected chi connectivity index (χ1v) is 8.41. The minimum atomic E-state index is 0.00834. The van der Waals surface area contributed by atoms with E-state index in [0.717, 1.165) is 37.2 Å². The number of hydrogen-bond acceptors (Lipinski definition) is 3. The molecule has 1 saturated heterocycles. The van der Waals surface area contributed by atoms with Crippen LogP contribution < -0.4 is 5.32 Å². The van der Waals surface area contributed by atoms with Crippen molar-refractivity contribution >= 4 is 6.03 Å². The average Bonchev–Trinajstić information content (AvgIpc) is 3.09. The lowest BCUT2D eigenvalue weighted by Crippen LogP contribution is -2.50. The van der Waals surface area contributed by atoms with Gasteiger partial charge in [0.25, 0.3) is 0 Å². The van der Waals surface area contributed by atoms with Gasteiger partial charge >= 0.3 is 6.03 Å². The topological polar surface area (TPSA) is 53.4 Å². The number of aromatic nitrogens is 2. The zero-order valence-corrected chi connectivity index (χ0v) is 14.4. The Hall–Kier alpha value is -2.34. The second-order valence-corrected chi connectivity index (χ2v) is 6.49. The van der Waals surface area contributed by atoms with Crippen LogP contribution in [0.1, 0.15) is 18.4 Å². The summed E-state index contributed by atoms with van der Waals surface area (Å²) in [5.41, 5.74) is 2.01. The molecule has 1 aliphatic heterocycles. The maximum absolute atomic E-state index is 12.4. The minimum absolute atomic E-state index is 0.00834.